The van der Waals surface area contributed by atoms with Crippen molar-refractivity contribution < 1.29 is 8.78 Å². The van der Waals surface area contributed by atoms with Gasteiger partial charge in [0.05, 0.1) is 0 Å². The number of terminal acetylenes is 1. The molecule has 0 spiro atoms. The third-order valence-corrected chi connectivity index (χ3v) is 3.76. The Morgan fingerprint density at radius 2 is 1.90 bits per heavy atom. The standard InChI is InChI=1S/C13H12F2N2S.C2H2/c14-10-4-8(5-11(15)6-10)3-9-1-2-17-12(9)7-16-13(17)18;1-2/h4-7,9H,1-3H2,(H,16,18);1-2H. The predicted octanol–water partition coefficient (Wildman–Crippen LogP) is 3.80. The van der Waals surface area contributed by atoms with Gasteiger partial charge < -0.3 is 9.55 Å². The lowest BCUT2D eigenvalue weighted by Crippen LogP contribution is -2.00. The number of benzene rings is 1. The van der Waals surface area contributed by atoms with Gasteiger partial charge in [0, 0.05) is 30.4 Å². The molecular formula is C15H14F2N2S. The van der Waals surface area contributed by atoms with E-state index >= 15 is 0 Å². The van der Waals surface area contributed by atoms with E-state index in [1.54, 1.807) is 0 Å². The molecule has 1 unspecified atom stereocenters. The van der Waals surface area contributed by atoms with Crippen molar-refractivity contribution in [2.24, 2.45) is 0 Å². The van der Waals surface area contributed by atoms with E-state index in [1.807, 2.05) is 6.20 Å². The van der Waals surface area contributed by atoms with Gasteiger partial charge in [0.25, 0.3) is 0 Å². The first-order valence-electron chi connectivity index (χ1n) is 6.20. The van der Waals surface area contributed by atoms with Crippen LogP contribution in [0.2, 0.25) is 0 Å². The lowest BCUT2D eigenvalue weighted by molar-refractivity contribution is 0.574. The molecule has 20 heavy (non-hydrogen) atoms. The maximum atomic E-state index is 13.1. The summed E-state index contributed by atoms with van der Waals surface area (Å²) >= 11 is 5.16. The number of hydrogen-bond donors (Lipinski definition) is 1. The highest BCUT2D eigenvalue weighted by Crippen LogP contribution is 2.31. The maximum absolute atomic E-state index is 13.1. The molecule has 2 heterocycles. The molecule has 0 aliphatic carbocycles. The van der Waals surface area contributed by atoms with Crippen LogP contribution in [0.5, 0.6) is 0 Å². The first-order valence-corrected chi connectivity index (χ1v) is 6.61. The SMILES string of the molecule is C#C.Fc1cc(F)cc(CC2CCn3c2c[nH]c3=S)c1. The monoisotopic (exact) mass is 292 g/mol. The largest absolute Gasteiger partial charge is 0.337 e. The number of fused-ring (bicyclic) bond motifs is 1. The maximum Gasteiger partial charge on any atom is 0.177 e. The summed E-state index contributed by atoms with van der Waals surface area (Å²) in [6.45, 7) is 0.875. The lowest BCUT2D eigenvalue weighted by Gasteiger charge is -2.09. The number of nitrogens with one attached hydrogen (secondary N) is 1. The molecule has 1 N–H and O–H groups in total. The van der Waals surface area contributed by atoms with Crippen LogP contribution in [0.15, 0.2) is 24.4 Å². The van der Waals surface area contributed by atoms with Crippen LogP contribution in [-0.2, 0) is 13.0 Å². The quantitative estimate of drug-likeness (QED) is 0.659. The first-order chi connectivity index (χ1) is 9.63. The second-order valence-electron chi connectivity index (χ2n) is 4.64. The number of rotatable bonds is 2. The molecular weight excluding hydrogens is 278 g/mol. The fourth-order valence-corrected chi connectivity index (χ4v) is 2.89. The molecule has 0 saturated carbocycles. The van der Waals surface area contributed by atoms with E-state index in [1.165, 1.54) is 12.1 Å². The van der Waals surface area contributed by atoms with Crippen molar-refractivity contribution in [3.05, 3.63) is 52.1 Å². The molecule has 1 aromatic heterocycles. The van der Waals surface area contributed by atoms with E-state index in [2.05, 4.69) is 22.4 Å². The van der Waals surface area contributed by atoms with Crippen LogP contribution < -0.4 is 0 Å². The Bertz CT molecular complexity index is 664. The van der Waals surface area contributed by atoms with E-state index in [4.69, 9.17) is 12.2 Å². The van der Waals surface area contributed by atoms with Crippen LogP contribution in [0.25, 0.3) is 0 Å². The van der Waals surface area contributed by atoms with Crippen molar-refractivity contribution in [2.45, 2.75) is 25.3 Å². The predicted molar refractivity (Wildman–Crippen MR) is 76.9 cm³/mol. The van der Waals surface area contributed by atoms with Gasteiger partial charge >= 0.3 is 0 Å². The minimum Gasteiger partial charge on any atom is -0.337 e. The summed E-state index contributed by atoms with van der Waals surface area (Å²) in [6.07, 6.45) is 11.5. The highest BCUT2D eigenvalue weighted by atomic mass is 32.1. The van der Waals surface area contributed by atoms with Crippen molar-refractivity contribution in [1.29, 1.82) is 0 Å². The molecule has 1 aliphatic rings. The summed E-state index contributed by atoms with van der Waals surface area (Å²) in [6, 6.07) is 3.69. The summed E-state index contributed by atoms with van der Waals surface area (Å²) in [5.74, 6) is -0.762. The van der Waals surface area contributed by atoms with Crippen LogP contribution >= 0.6 is 12.2 Å². The van der Waals surface area contributed by atoms with Crippen molar-refractivity contribution in [1.82, 2.24) is 9.55 Å². The fourth-order valence-electron chi connectivity index (χ4n) is 2.63. The van der Waals surface area contributed by atoms with Crippen LogP contribution in [0, 0.1) is 29.3 Å². The van der Waals surface area contributed by atoms with Crippen LogP contribution in [0.4, 0.5) is 8.78 Å². The third kappa shape index (κ3) is 2.81. The Morgan fingerprint density at radius 3 is 2.55 bits per heavy atom. The molecule has 1 aliphatic heterocycles. The molecule has 0 bridgehead atoms. The summed E-state index contributed by atoms with van der Waals surface area (Å²) in [7, 11) is 0. The number of halogens is 2. The van der Waals surface area contributed by atoms with E-state index in [9.17, 15) is 8.78 Å². The normalized spacial score (nSPS) is 16.3. The summed E-state index contributed by atoms with van der Waals surface area (Å²) in [5.41, 5.74) is 1.82. The Morgan fingerprint density at radius 1 is 1.25 bits per heavy atom. The van der Waals surface area contributed by atoms with Gasteiger partial charge in [0.2, 0.25) is 0 Å². The molecule has 104 valence electrons. The van der Waals surface area contributed by atoms with E-state index in [-0.39, 0.29) is 5.92 Å². The van der Waals surface area contributed by atoms with Gasteiger partial charge in [-0.1, -0.05) is 0 Å². The molecule has 3 rings (SSSR count). The topological polar surface area (TPSA) is 20.7 Å². The highest BCUT2D eigenvalue weighted by molar-refractivity contribution is 7.71. The molecule has 2 nitrogen and oxygen atoms in total. The van der Waals surface area contributed by atoms with Gasteiger partial charge in [-0.15, -0.1) is 12.8 Å². The van der Waals surface area contributed by atoms with Crippen molar-refractivity contribution in [2.75, 3.05) is 0 Å². The lowest BCUT2D eigenvalue weighted by atomic mass is 9.96. The molecule has 0 fully saturated rings. The number of aromatic nitrogens is 2. The molecule has 5 heteroatoms. The number of imidazole rings is 1. The summed E-state index contributed by atoms with van der Waals surface area (Å²) in [5, 5.41) is 0. The first kappa shape index (κ1) is 14.5. The minimum absolute atomic E-state index is 0.277. The molecule has 0 radical (unpaired) electrons. The van der Waals surface area contributed by atoms with Crippen LogP contribution in [0.3, 0.4) is 0 Å². The average molecular weight is 292 g/mol. The van der Waals surface area contributed by atoms with Gasteiger partial charge in [-0.2, -0.15) is 0 Å². The van der Waals surface area contributed by atoms with Crippen LogP contribution in [-0.4, -0.2) is 9.55 Å². The van der Waals surface area contributed by atoms with Gasteiger partial charge in [0.1, 0.15) is 11.6 Å². The van der Waals surface area contributed by atoms with Gasteiger partial charge in [-0.05, 0) is 42.8 Å². The van der Waals surface area contributed by atoms with Crippen LogP contribution in [0.1, 0.15) is 23.6 Å². The zero-order valence-electron chi connectivity index (χ0n) is 10.8. The zero-order valence-corrected chi connectivity index (χ0v) is 11.6. The number of aromatic amines is 1. The number of hydrogen-bond acceptors (Lipinski definition) is 1. The fraction of sp³-hybridized carbons (Fsp3) is 0.267. The highest BCUT2D eigenvalue weighted by Gasteiger charge is 2.23. The Kier molecular flexibility index (Phi) is 4.35. The Labute approximate surface area is 121 Å². The zero-order chi connectivity index (χ0) is 14.7. The molecule has 0 amide bonds. The molecule has 1 aromatic carbocycles. The Hall–Kier alpha value is -1.93. The second kappa shape index (κ2) is 6.02. The van der Waals surface area contributed by atoms with Crippen molar-refractivity contribution in [3.63, 3.8) is 0 Å². The number of nitrogens with zero attached hydrogens (tertiary/aromatic N) is 1. The summed E-state index contributed by atoms with van der Waals surface area (Å²) in [4.78, 5) is 3.01. The third-order valence-electron chi connectivity index (χ3n) is 3.42. The van der Waals surface area contributed by atoms with Crippen molar-refractivity contribution >= 4 is 12.2 Å². The van der Waals surface area contributed by atoms with Crippen molar-refractivity contribution in [3.8, 4) is 12.8 Å². The Balaban J connectivity index is 0.000000704. The van der Waals surface area contributed by atoms with E-state index in [0.717, 1.165) is 29.5 Å². The molecule has 2 aromatic rings. The number of H-pyrrole nitrogens is 1. The average Bonchev–Trinajstić information content (AvgIpc) is 2.96. The molecule has 0 saturated heterocycles. The van der Waals surface area contributed by atoms with Gasteiger partial charge in [0.15, 0.2) is 4.77 Å². The van der Waals surface area contributed by atoms with E-state index < -0.39 is 11.6 Å². The smallest absolute Gasteiger partial charge is 0.177 e. The van der Waals surface area contributed by atoms with Gasteiger partial charge in [-0.3, -0.25) is 0 Å². The van der Waals surface area contributed by atoms with E-state index in [0.29, 0.717) is 12.0 Å². The minimum atomic E-state index is -0.520. The summed E-state index contributed by atoms with van der Waals surface area (Å²) < 4.78 is 29.0. The second-order valence-corrected chi connectivity index (χ2v) is 5.02. The molecule has 1 atom stereocenters. The van der Waals surface area contributed by atoms with Gasteiger partial charge in [-0.25, -0.2) is 8.78 Å².